The van der Waals surface area contributed by atoms with Gasteiger partial charge in [0.05, 0.1) is 0 Å². The van der Waals surface area contributed by atoms with Crippen LogP contribution < -0.4 is 16.7 Å². The Morgan fingerprint density at radius 2 is 1.45 bits per heavy atom. The third kappa shape index (κ3) is 4.47. The molecule has 0 saturated carbocycles. The molecule has 0 aliphatic rings. The van der Waals surface area contributed by atoms with E-state index >= 15 is 0 Å². The molecule has 0 spiro atoms. The third-order valence-electron chi connectivity index (χ3n) is 3.47. The molecule has 0 aliphatic heterocycles. The lowest BCUT2D eigenvalue weighted by atomic mass is 9.55. The van der Waals surface area contributed by atoms with E-state index in [1.165, 1.54) is 0 Å². The highest BCUT2D eigenvalue weighted by Gasteiger charge is 2.28. The fraction of sp³-hybridized carbons (Fsp3) is 0.278. The second-order valence-corrected chi connectivity index (χ2v) is 5.87. The first kappa shape index (κ1) is 16.3. The molecule has 4 heteroatoms. The molecule has 0 bridgehead atoms. The van der Waals surface area contributed by atoms with E-state index in [2.05, 4.69) is 0 Å². The summed E-state index contributed by atoms with van der Waals surface area (Å²) in [6.45, 7) is 3.66. The first-order valence-electron chi connectivity index (χ1n) is 7.64. The summed E-state index contributed by atoms with van der Waals surface area (Å²) in [6, 6.07) is 18.9. The van der Waals surface area contributed by atoms with E-state index in [0.717, 1.165) is 10.9 Å². The Labute approximate surface area is 132 Å². The normalized spacial score (nSPS) is 12.0. The fourth-order valence-corrected chi connectivity index (χ4v) is 2.39. The van der Waals surface area contributed by atoms with Crippen molar-refractivity contribution in [2.24, 2.45) is 11.7 Å². The SMILES string of the molecule is CC(C)C[C@@H](N)C(=O)OB(c1ccccc1)c1ccccc1. The van der Waals surface area contributed by atoms with Gasteiger partial charge in [-0.2, -0.15) is 0 Å². The summed E-state index contributed by atoms with van der Waals surface area (Å²) in [5, 5.41) is 0. The van der Waals surface area contributed by atoms with Crippen molar-refractivity contribution in [3.05, 3.63) is 60.7 Å². The van der Waals surface area contributed by atoms with E-state index in [1.54, 1.807) is 0 Å². The smallest absolute Gasteiger partial charge is 0.429 e. The van der Waals surface area contributed by atoms with Crippen LogP contribution in [0.2, 0.25) is 0 Å². The lowest BCUT2D eigenvalue weighted by molar-refractivity contribution is -0.136. The largest absolute Gasteiger partial charge is 0.525 e. The Kier molecular flexibility index (Phi) is 5.79. The van der Waals surface area contributed by atoms with Crippen LogP contribution in [0.1, 0.15) is 20.3 Å². The Morgan fingerprint density at radius 1 is 1.00 bits per heavy atom. The average molecular weight is 295 g/mol. The molecule has 0 aromatic heterocycles. The van der Waals surface area contributed by atoms with Crippen LogP contribution in [-0.2, 0) is 9.45 Å². The topological polar surface area (TPSA) is 52.3 Å². The van der Waals surface area contributed by atoms with Gasteiger partial charge in [0.1, 0.15) is 6.04 Å². The van der Waals surface area contributed by atoms with Crippen molar-refractivity contribution >= 4 is 23.8 Å². The number of benzene rings is 2. The molecular formula is C18H22BNO2. The summed E-state index contributed by atoms with van der Waals surface area (Å²) in [4.78, 5) is 12.3. The number of hydrogen-bond acceptors (Lipinski definition) is 3. The van der Waals surface area contributed by atoms with Gasteiger partial charge in [0.2, 0.25) is 0 Å². The Balaban J connectivity index is 2.21. The van der Waals surface area contributed by atoms with Crippen LogP contribution >= 0.6 is 0 Å². The van der Waals surface area contributed by atoms with Crippen LogP contribution in [0.4, 0.5) is 0 Å². The highest BCUT2D eigenvalue weighted by atomic mass is 16.5. The summed E-state index contributed by atoms with van der Waals surface area (Å²) < 4.78 is 5.72. The van der Waals surface area contributed by atoms with Crippen LogP contribution in [0.3, 0.4) is 0 Å². The molecule has 2 N–H and O–H groups in total. The molecule has 2 rings (SSSR count). The Bertz CT molecular complexity index is 547. The van der Waals surface area contributed by atoms with E-state index in [-0.39, 0.29) is 5.97 Å². The van der Waals surface area contributed by atoms with Gasteiger partial charge >= 0.3 is 12.9 Å². The molecule has 0 heterocycles. The van der Waals surface area contributed by atoms with E-state index in [4.69, 9.17) is 10.4 Å². The minimum Gasteiger partial charge on any atom is -0.525 e. The van der Waals surface area contributed by atoms with Crippen molar-refractivity contribution in [2.45, 2.75) is 26.3 Å². The average Bonchev–Trinajstić information content (AvgIpc) is 2.53. The molecule has 3 nitrogen and oxygen atoms in total. The third-order valence-corrected chi connectivity index (χ3v) is 3.47. The molecule has 2 aromatic rings. The first-order chi connectivity index (χ1) is 10.6. The maximum absolute atomic E-state index is 12.3. The lowest BCUT2D eigenvalue weighted by Crippen LogP contribution is -2.49. The second-order valence-electron chi connectivity index (χ2n) is 5.87. The molecule has 0 amide bonds. The first-order valence-corrected chi connectivity index (χ1v) is 7.64. The van der Waals surface area contributed by atoms with Gasteiger partial charge in [-0.1, -0.05) is 74.5 Å². The molecule has 1 atom stereocenters. The zero-order valence-corrected chi connectivity index (χ0v) is 13.1. The molecule has 114 valence electrons. The van der Waals surface area contributed by atoms with Crippen molar-refractivity contribution in [2.75, 3.05) is 0 Å². The maximum atomic E-state index is 12.3. The van der Waals surface area contributed by atoms with Gasteiger partial charge in [0, 0.05) is 0 Å². The maximum Gasteiger partial charge on any atom is 0.429 e. The van der Waals surface area contributed by atoms with Crippen molar-refractivity contribution in [3.63, 3.8) is 0 Å². The quantitative estimate of drug-likeness (QED) is 0.825. The summed E-state index contributed by atoms with van der Waals surface area (Å²) in [5.74, 6) is 0.000793. The molecule has 22 heavy (non-hydrogen) atoms. The van der Waals surface area contributed by atoms with Gasteiger partial charge in [-0.3, -0.25) is 4.79 Å². The number of hydrogen-bond donors (Lipinski definition) is 1. The minimum atomic E-state index is -0.588. The number of carbonyl (C=O) groups is 1. The van der Waals surface area contributed by atoms with Gasteiger partial charge in [-0.05, 0) is 23.3 Å². The predicted octanol–water partition coefficient (Wildman–Crippen LogP) is 1.71. The van der Waals surface area contributed by atoms with Crippen molar-refractivity contribution in [1.82, 2.24) is 0 Å². The van der Waals surface area contributed by atoms with Crippen LogP contribution in [0.15, 0.2) is 60.7 Å². The molecular weight excluding hydrogens is 273 g/mol. The highest BCUT2D eigenvalue weighted by Crippen LogP contribution is 2.05. The number of rotatable bonds is 6. The van der Waals surface area contributed by atoms with Gasteiger partial charge in [-0.25, -0.2) is 0 Å². The van der Waals surface area contributed by atoms with E-state index in [9.17, 15) is 4.79 Å². The molecule has 0 unspecified atom stereocenters. The summed E-state index contributed by atoms with van der Waals surface area (Å²) in [6.07, 6.45) is 0.620. The van der Waals surface area contributed by atoms with Crippen molar-refractivity contribution < 1.29 is 9.45 Å². The van der Waals surface area contributed by atoms with Crippen molar-refractivity contribution in [3.8, 4) is 0 Å². The molecule has 0 saturated heterocycles. The van der Waals surface area contributed by atoms with E-state index < -0.39 is 13.0 Å². The monoisotopic (exact) mass is 295 g/mol. The van der Waals surface area contributed by atoms with Gasteiger partial charge in [-0.15, -0.1) is 0 Å². The summed E-state index contributed by atoms with van der Waals surface area (Å²) in [7, 11) is 0. The Hall–Kier alpha value is -2.07. The highest BCUT2D eigenvalue weighted by molar-refractivity contribution is 6.81. The van der Waals surface area contributed by atoms with E-state index in [1.807, 2.05) is 74.5 Å². The van der Waals surface area contributed by atoms with Gasteiger partial charge in [0.25, 0.3) is 0 Å². The minimum absolute atomic E-state index is 0.355. The molecule has 2 aromatic carbocycles. The predicted molar refractivity (Wildman–Crippen MR) is 91.4 cm³/mol. The van der Waals surface area contributed by atoms with Gasteiger partial charge in [0.15, 0.2) is 0 Å². The fourth-order valence-electron chi connectivity index (χ4n) is 2.39. The zero-order valence-electron chi connectivity index (χ0n) is 13.1. The van der Waals surface area contributed by atoms with Gasteiger partial charge < -0.3 is 10.4 Å². The number of carbonyl (C=O) groups excluding carboxylic acids is 1. The van der Waals surface area contributed by atoms with Crippen LogP contribution in [-0.4, -0.2) is 18.9 Å². The Morgan fingerprint density at radius 3 is 1.86 bits per heavy atom. The molecule has 0 fully saturated rings. The summed E-state index contributed by atoms with van der Waals surface area (Å²) in [5.41, 5.74) is 7.83. The lowest BCUT2D eigenvalue weighted by Gasteiger charge is -2.19. The van der Waals surface area contributed by atoms with Crippen LogP contribution in [0.5, 0.6) is 0 Å². The molecule has 0 radical (unpaired) electrons. The van der Waals surface area contributed by atoms with Crippen LogP contribution in [0.25, 0.3) is 0 Å². The standard InChI is InChI=1S/C18H22BNO2/c1-14(2)13-17(20)18(21)22-19(15-9-5-3-6-10-15)16-11-7-4-8-12-16/h3-12,14,17H,13,20H2,1-2H3/t17-/m1/s1. The summed E-state index contributed by atoms with van der Waals surface area (Å²) >= 11 is 0. The number of nitrogens with two attached hydrogens (primary N) is 1. The van der Waals surface area contributed by atoms with E-state index in [0.29, 0.717) is 12.3 Å². The zero-order chi connectivity index (χ0) is 15.9. The van der Waals surface area contributed by atoms with Crippen molar-refractivity contribution in [1.29, 1.82) is 0 Å². The van der Waals surface area contributed by atoms with Crippen LogP contribution in [0, 0.1) is 5.92 Å². The molecule has 0 aliphatic carbocycles. The second kappa shape index (κ2) is 7.80.